The highest BCUT2D eigenvalue weighted by atomic mass is 15.1. The van der Waals surface area contributed by atoms with E-state index in [-0.39, 0.29) is 0 Å². The van der Waals surface area contributed by atoms with Crippen LogP contribution in [0, 0.1) is 11.8 Å². The molecule has 2 atom stereocenters. The van der Waals surface area contributed by atoms with Crippen LogP contribution in [0.25, 0.3) is 0 Å². The molecule has 11 heavy (non-hydrogen) atoms. The van der Waals surface area contributed by atoms with Crippen molar-refractivity contribution >= 4 is 0 Å². The zero-order chi connectivity index (χ0) is 8.85. The van der Waals surface area contributed by atoms with E-state index in [1.807, 2.05) is 13.8 Å². The molecule has 0 amide bonds. The lowest BCUT2D eigenvalue weighted by atomic mass is 9.89. The van der Waals surface area contributed by atoms with E-state index in [0.717, 1.165) is 11.8 Å². The Morgan fingerprint density at radius 2 is 1.64 bits per heavy atom. The van der Waals surface area contributed by atoms with Gasteiger partial charge in [0.1, 0.15) is 0 Å². The predicted molar refractivity (Wildman–Crippen MR) is 51.8 cm³/mol. The number of rotatable bonds is 0. The molecule has 1 heteroatoms. The first-order valence-electron chi connectivity index (χ1n) is 4.88. The van der Waals surface area contributed by atoms with Crippen molar-refractivity contribution in [2.75, 3.05) is 20.1 Å². The zero-order valence-electron chi connectivity index (χ0n) is 8.72. The largest absolute Gasteiger partial charge is 0.306 e. The summed E-state index contributed by atoms with van der Waals surface area (Å²) in [5.41, 5.74) is 0. The first-order valence-corrected chi connectivity index (χ1v) is 4.88. The number of piperidine rings is 1. The van der Waals surface area contributed by atoms with E-state index in [0.29, 0.717) is 0 Å². The monoisotopic (exact) mass is 157 g/mol. The first kappa shape index (κ1) is 11.0. The predicted octanol–water partition coefficient (Wildman–Crippen LogP) is 2.62. The van der Waals surface area contributed by atoms with Gasteiger partial charge in [0.15, 0.2) is 0 Å². The Morgan fingerprint density at radius 1 is 1.09 bits per heavy atom. The highest BCUT2D eigenvalue weighted by Crippen LogP contribution is 2.20. The molecule has 0 aliphatic carbocycles. The van der Waals surface area contributed by atoms with Gasteiger partial charge in [-0.05, 0) is 31.8 Å². The average molecular weight is 157 g/mol. The summed E-state index contributed by atoms with van der Waals surface area (Å²) in [6.45, 7) is 11.3. The number of hydrogen-bond donors (Lipinski definition) is 0. The van der Waals surface area contributed by atoms with Crippen molar-refractivity contribution in [3.8, 4) is 0 Å². The summed E-state index contributed by atoms with van der Waals surface area (Å²) in [4.78, 5) is 2.42. The summed E-state index contributed by atoms with van der Waals surface area (Å²) in [7, 11) is 2.21. The fraction of sp³-hybridized carbons (Fsp3) is 1.00. The van der Waals surface area contributed by atoms with Crippen molar-refractivity contribution < 1.29 is 0 Å². The van der Waals surface area contributed by atoms with E-state index in [2.05, 4.69) is 25.8 Å². The van der Waals surface area contributed by atoms with Crippen molar-refractivity contribution in [3.63, 3.8) is 0 Å². The van der Waals surface area contributed by atoms with E-state index in [4.69, 9.17) is 0 Å². The second-order valence-corrected chi connectivity index (χ2v) is 3.51. The van der Waals surface area contributed by atoms with E-state index in [9.17, 15) is 0 Å². The molecule has 0 aromatic rings. The Kier molecular flexibility index (Phi) is 5.57. The van der Waals surface area contributed by atoms with Crippen LogP contribution in [0.4, 0.5) is 0 Å². The standard InChI is InChI=1S/C8H17N.C2H6/c1-7-4-5-9(3)6-8(7)2;1-2/h7-8H,4-6H2,1-3H3;1-2H3. The van der Waals surface area contributed by atoms with E-state index in [1.54, 1.807) is 0 Å². The summed E-state index contributed by atoms with van der Waals surface area (Å²) in [6, 6.07) is 0. The van der Waals surface area contributed by atoms with Crippen molar-refractivity contribution in [1.29, 1.82) is 0 Å². The van der Waals surface area contributed by atoms with Gasteiger partial charge in [0.2, 0.25) is 0 Å². The van der Waals surface area contributed by atoms with Crippen molar-refractivity contribution in [1.82, 2.24) is 4.90 Å². The van der Waals surface area contributed by atoms with Crippen LogP contribution in [-0.2, 0) is 0 Å². The lowest BCUT2D eigenvalue weighted by molar-refractivity contribution is 0.166. The Bertz CT molecular complexity index is 90.9. The van der Waals surface area contributed by atoms with Gasteiger partial charge in [0, 0.05) is 6.54 Å². The van der Waals surface area contributed by atoms with Gasteiger partial charge in [0.25, 0.3) is 0 Å². The van der Waals surface area contributed by atoms with Crippen LogP contribution < -0.4 is 0 Å². The molecule has 1 aliphatic rings. The maximum atomic E-state index is 2.42. The lowest BCUT2D eigenvalue weighted by Crippen LogP contribution is -2.35. The van der Waals surface area contributed by atoms with Gasteiger partial charge in [0.05, 0.1) is 0 Å². The number of hydrogen-bond acceptors (Lipinski definition) is 1. The molecule has 0 aromatic heterocycles. The third-order valence-corrected chi connectivity index (χ3v) is 2.54. The Morgan fingerprint density at radius 3 is 2.00 bits per heavy atom. The molecule has 0 aromatic carbocycles. The van der Waals surface area contributed by atoms with Crippen LogP contribution >= 0.6 is 0 Å². The third-order valence-electron chi connectivity index (χ3n) is 2.54. The van der Waals surface area contributed by atoms with Crippen LogP contribution in [0.2, 0.25) is 0 Å². The molecule has 1 saturated heterocycles. The van der Waals surface area contributed by atoms with Gasteiger partial charge in [-0.15, -0.1) is 0 Å². The quantitative estimate of drug-likeness (QED) is 0.522. The second kappa shape index (κ2) is 5.59. The topological polar surface area (TPSA) is 3.24 Å². The maximum Gasteiger partial charge on any atom is 0.000652 e. The summed E-state index contributed by atoms with van der Waals surface area (Å²) < 4.78 is 0. The molecule has 2 unspecified atom stereocenters. The molecule has 68 valence electrons. The van der Waals surface area contributed by atoms with Crippen LogP contribution in [0.3, 0.4) is 0 Å². The van der Waals surface area contributed by atoms with Gasteiger partial charge in [-0.25, -0.2) is 0 Å². The molecule has 0 radical (unpaired) electrons. The van der Waals surface area contributed by atoms with Crippen LogP contribution in [0.1, 0.15) is 34.1 Å². The van der Waals surface area contributed by atoms with Crippen molar-refractivity contribution in [2.45, 2.75) is 34.1 Å². The van der Waals surface area contributed by atoms with Gasteiger partial charge in [-0.3, -0.25) is 0 Å². The second-order valence-electron chi connectivity index (χ2n) is 3.51. The molecular formula is C10H23N. The number of likely N-dealkylation sites (tertiary alicyclic amines) is 1. The minimum Gasteiger partial charge on any atom is -0.306 e. The summed E-state index contributed by atoms with van der Waals surface area (Å²) >= 11 is 0. The molecule has 1 fully saturated rings. The highest BCUT2D eigenvalue weighted by molar-refractivity contribution is 4.72. The molecule has 1 nitrogen and oxygen atoms in total. The SMILES string of the molecule is CC.CC1CCN(C)CC1C. The van der Waals surface area contributed by atoms with Crippen LogP contribution in [0.5, 0.6) is 0 Å². The van der Waals surface area contributed by atoms with E-state index in [1.165, 1.54) is 19.5 Å². The average Bonchev–Trinajstić information content (AvgIpc) is 2.02. The summed E-state index contributed by atoms with van der Waals surface area (Å²) in [6.07, 6.45) is 1.39. The van der Waals surface area contributed by atoms with E-state index >= 15 is 0 Å². The van der Waals surface area contributed by atoms with E-state index < -0.39 is 0 Å². The Hall–Kier alpha value is -0.0400. The molecule has 0 bridgehead atoms. The summed E-state index contributed by atoms with van der Waals surface area (Å²) in [5, 5.41) is 0. The van der Waals surface area contributed by atoms with Gasteiger partial charge < -0.3 is 4.90 Å². The molecule has 1 heterocycles. The lowest BCUT2D eigenvalue weighted by Gasteiger charge is -2.32. The molecule has 1 rings (SSSR count). The van der Waals surface area contributed by atoms with Crippen molar-refractivity contribution in [3.05, 3.63) is 0 Å². The number of nitrogens with zero attached hydrogens (tertiary/aromatic N) is 1. The highest BCUT2D eigenvalue weighted by Gasteiger charge is 2.19. The maximum absolute atomic E-state index is 2.42. The Labute approximate surface area is 71.8 Å². The molecule has 0 saturated carbocycles. The zero-order valence-corrected chi connectivity index (χ0v) is 8.72. The van der Waals surface area contributed by atoms with Gasteiger partial charge >= 0.3 is 0 Å². The molecule has 1 aliphatic heterocycles. The third kappa shape index (κ3) is 3.76. The first-order chi connectivity index (χ1) is 5.20. The minimum atomic E-state index is 0.906. The molecular weight excluding hydrogens is 134 g/mol. The van der Waals surface area contributed by atoms with Gasteiger partial charge in [-0.2, -0.15) is 0 Å². The minimum absolute atomic E-state index is 0.906. The normalized spacial score (nSPS) is 32.5. The fourth-order valence-corrected chi connectivity index (χ4v) is 1.47. The molecule has 0 spiro atoms. The molecule has 0 N–H and O–H groups in total. The van der Waals surface area contributed by atoms with Crippen LogP contribution in [0.15, 0.2) is 0 Å². The smallest absolute Gasteiger partial charge is 0.000652 e. The fourth-order valence-electron chi connectivity index (χ4n) is 1.47. The van der Waals surface area contributed by atoms with Gasteiger partial charge in [-0.1, -0.05) is 27.7 Å². The Balaban J connectivity index is 0.000000461. The van der Waals surface area contributed by atoms with Crippen molar-refractivity contribution in [2.24, 2.45) is 11.8 Å². The van der Waals surface area contributed by atoms with Crippen LogP contribution in [-0.4, -0.2) is 25.0 Å². The summed E-state index contributed by atoms with van der Waals surface area (Å²) in [5.74, 6) is 1.85.